The van der Waals surface area contributed by atoms with E-state index in [9.17, 15) is 0 Å². The SMILES string of the molecule is C[C@@H](C(=S)OCCN)N(C)C.Cl.Cl. The van der Waals surface area contributed by atoms with Gasteiger partial charge >= 0.3 is 0 Å². The van der Waals surface area contributed by atoms with E-state index in [4.69, 9.17) is 22.7 Å². The Morgan fingerprint density at radius 3 is 2.23 bits per heavy atom. The van der Waals surface area contributed by atoms with E-state index in [-0.39, 0.29) is 30.9 Å². The Kier molecular flexibility index (Phi) is 15.3. The molecule has 0 aromatic rings. The molecule has 0 aliphatic carbocycles. The fourth-order valence-electron chi connectivity index (χ4n) is 0.491. The second kappa shape index (κ2) is 10.5. The number of nitrogens with zero attached hydrogens (tertiary/aromatic N) is 1. The number of ether oxygens (including phenoxy) is 1. The van der Waals surface area contributed by atoms with Gasteiger partial charge in [-0.3, -0.25) is 4.90 Å². The van der Waals surface area contributed by atoms with E-state index in [1.807, 2.05) is 25.9 Å². The Morgan fingerprint density at radius 2 is 1.92 bits per heavy atom. The molecule has 3 nitrogen and oxygen atoms in total. The lowest BCUT2D eigenvalue weighted by Crippen LogP contribution is -2.33. The highest BCUT2D eigenvalue weighted by molar-refractivity contribution is 7.80. The molecule has 13 heavy (non-hydrogen) atoms. The summed E-state index contributed by atoms with van der Waals surface area (Å²) in [6.07, 6.45) is 0. The van der Waals surface area contributed by atoms with Gasteiger partial charge in [-0.2, -0.15) is 0 Å². The van der Waals surface area contributed by atoms with Gasteiger partial charge in [-0.15, -0.1) is 24.8 Å². The van der Waals surface area contributed by atoms with Gasteiger partial charge < -0.3 is 10.5 Å². The lowest BCUT2D eigenvalue weighted by atomic mass is 10.3. The Hall–Kier alpha value is 0.390. The number of nitrogens with two attached hydrogens (primary N) is 1. The zero-order valence-electron chi connectivity index (χ0n) is 8.15. The first-order valence-corrected chi connectivity index (χ1v) is 4.03. The molecule has 0 amide bonds. The molecular weight excluding hydrogens is 231 g/mol. The minimum absolute atomic E-state index is 0. The summed E-state index contributed by atoms with van der Waals surface area (Å²) in [7, 11) is 3.92. The molecule has 82 valence electrons. The Balaban J connectivity index is -0.000000500. The highest BCUT2D eigenvalue weighted by Crippen LogP contribution is 1.96. The van der Waals surface area contributed by atoms with E-state index in [1.165, 1.54) is 0 Å². The first-order valence-electron chi connectivity index (χ1n) is 3.62. The predicted octanol–water partition coefficient (Wildman–Crippen LogP) is 1.08. The summed E-state index contributed by atoms with van der Waals surface area (Å²) in [6, 6.07) is 0.177. The molecule has 2 N–H and O–H groups in total. The highest BCUT2D eigenvalue weighted by Gasteiger charge is 2.10. The highest BCUT2D eigenvalue weighted by atomic mass is 35.5. The van der Waals surface area contributed by atoms with E-state index in [2.05, 4.69) is 0 Å². The summed E-state index contributed by atoms with van der Waals surface area (Å²) < 4.78 is 5.18. The zero-order valence-corrected chi connectivity index (χ0v) is 10.6. The number of hydrogen-bond acceptors (Lipinski definition) is 4. The summed E-state index contributed by atoms with van der Waals surface area (Å²) in [5.74, 6) is 0. The molecule has 0 saturated carbocycles. The molecule has 1 atom stereocenters. The van der Waals surface area contributed by atoms with Crippen molar-refractivity contribution < 1.29 is 4.74 Å². The maximum atomic E-state index is 5.25. The lowest BCUT2D eigenvalue weighted by molar-refractivity contribution is 0.271. The minimum atomic E-state index is 0. The Labute approximate surface area is 97.8 Å². The first-order chi connectivity index (χ1) is 5.09. The van der Waals surface area contributed by atoms with Gasteiger partial charge in [-0.25, -0.2) is 0 Å². The molecular formula is C7H18Cl2N2OS. The van der Waals surface area contributed by atoms with Gasteiger partial charge in [0.05, 0.1) is 6.04 Å². The van der Waals surface area contributed by atoms with E-state index in [0.29, 0.717) is 18.2 Å². The van der Waals surface area contributed by atoms with Crippen molar-refractivity contribution in [3.05, 3.63) is 0 Å². The van der Waals surface area contributed by atoms with E-state index in [0.717, 1.165) is 0 Å². The molecule has 0 spiro atoms. The van der Waals surface area contributed by atoms with Crippen LogP contribution in [-0.4, -0.2) is 43.2 Å². The van der Waals surface area contributed by atoms with Gasteiger partial charge in [0.15, 0.2) is 5.05 Å². The van der Waals surface area contributed by atoms with Gasteiger partial charge in [-0.05, 0) is 33.2 Å². The van der Waals surface area contributed by atoms with Crippen molar-refractivity contribution in [1.29, 1.82) is 0 Å². The maximum absolute atomic E-state index is 5.25. The molecule has 0 aromatic heterocycles. The van der Waals surface area contributed by atoms with E-state index >= 15 is 0 Å². The summed E-state index contributed by atoms with van der Waals surface area (Å²) in [6.45, 7) is 3.02. The maximum Gasteiger partial charge on any atom is 0.176 e. The van der Waals surface area contributed by atoms with E-state index in [1.54, 1.807) is 0 Å². The predicted molar refractivity (Wildman–Crippen MR) is 65.2 cm³/mol. The van der Waals surface area contributed by atoms with Crippen LogP contribution in [0.15, 0.2) is 0 Å². The van der Waals surface area contributed by atoms with Crippen LogP contribution in [0.2, 0.25) is 0 Å². The van der Waals surface area contributed by atoms with Gasteiger partial charge in [0.1, 0.15) is 6.61 Å². The molecule has 0 fully saturated rings. The summed E-state index contributed by atoms with van der Waals surface area (Å²) in [4.78, 5) is 2.00. The van der Waals surface area contributed by atoms with Crippen LogP contribution >= 0.6 is 37.0 Å². The average Bonchev–Trinajstić information content (AvgIpc) is 1.98. The topological polar surface area (TPSA) is 38.5 Å². The first kappa shape index (κ1) is 19.0. The van der Waals surface area contributed by atoms with Crippen molar-refractivity contribution in [2.24, 2.45) is 5.73 Å². The normalized spacial score (nSPS) is 11.2. The van der Waals surface area contributed by atoms with Crippen molar-refractivity contribution in [3.8, 4) is 0 Å². The number of thiocarbonyl (C=S) groups is 1. The number of rotatable bonds is 4. The Bertz CT molecular complexity index is 136. The number of hydrogen-bond donors (Lipinski definition) is 1. The molecule has 0 heterocycles. The molecule has 0 radical (unpaired) electrons. The molecule has 0 rings (SSSR count). The van der Waals surface area contributed by atoms with Crippen LogP contribution in [0, 0.1) is 0 Å². The molecule has 0 unspecified atom stereocenters. The molecule has 0 aromatic carbocycles. The van der Waals surface area contributed by atoms with Gasteiger partial charge in [0, 0.05) is 6.54 Å². The van der Waals surface area contributed by atoms with Crippen LogP contribution in [0.5, 0.6) is 0 Å². The van der Waals surface area contributed by atoms with Gasteiger partial charge in [-0.1, -0.05) is 0 Å². The van der Waals surface area contributed by atoms with Crippen LogP contribution in [0.3, 0.4) is 0 Å². The van der Waals surface area contributed by atoms with Gasteiger partial charge in [0.2, 0.25) is 0 Å². The fourth-order valence-corrected chi connectivity index (χ4v) is 0.785. The zero-order chi connectivity index (χ0) is 8.85. The molecule has 0 aliphatic rings. The average molecular weight is 249 g/mol. The quantitative estimate of drug-likeness (QED) is 0.757. The van der Waals surface area contributed by atoms with Crippen molar-refractivity contribution in [2.45, 2.75) is 13.0 Å². The third-order valence-corrected chi connectivity index (χ3v) is 1.94. The lowest BCUT2D eigenvalue weighted by Gasteiger charge is -2.20. The van der Waals surface area contributed by atoms with Crippen molar-refractivity contribution in [3.63, 3.8) is 0 Å². The summed E-state index contributed by atoms with van der Waals surface area (Å²) >= 11 is 5.00. The molecule has 0 saturated heterocycles. The van der Waals surface area contributed by atoms with Crippen LogP contribution in [0.4, 0.5) is 0 Å². The number of halogens is 2. The third-order valence-electron chi connectivity index (χ3n) is 1.48. The van der Waals surface area contributed by atoms with Crippen molar-refractivity contribution in [1.82, 2.24) is 4.90 Å². The van der Waals surface area contributed by atoms with Crippen LogP contribution in [0.25, 0.3) is 0 Å². The fraction of sp³-hybridized carbons (Fsp3) is 0.857. The standard InChI is InChI=1S/C7H16N2OS.2ClH/c1-6(9(2)3)7(11)10-5-4-8;;/h6H,4-5,8H2,1-3H3;2*1H/t6-;;/m0../s1. The number of likely N-dealkylation sites (N-methyl/N-ethyl adjacent to an activating group) is 1. The Morgan fingerprint density at radius 1 is 1.46 bits per heavy atom. The third kappa shape index (κ3) is 8.71. The second-order valence-electron chi connectivity index (χ2n) is 2.60. The molecule has 0 aliphatic heterocycles. The van der Waals surface area contributed by atoms with Gasteiger partial charge in [0.25, 0.3) is 0 Å². The van der Waals surface area contributed by atoms with E-state index < -0.39 is 0 Å². The van der Waals surface area contributed by atoms with Crippen LogP contribution < -0.4 is 5.73 Å². The monoisotopic (exact) mass is 248 g/mol. The minimum Gasteiger partial charge on any atom is -0.484 e. The van der Waals surface area contributed by atoms with Crippen LogP contribution in [-0.2, 0) is 4.74 Å². The van der Waals surface area contributed by atoms with Crippen LogP contribution in [0.1, 0.15) is 6.92 Å². The molecule has 6 heteroatoms. The smallest absolute Gasteiger partial charge is 0.176 e. The second-order valence-corrected chi connectivity index (χ2v) is 3.00. The summed E-state index contributed by atoms with van der Waals surface area (Å²) in [5, 5.41) is 0.612. The van der Waals surface area contributed by atoms with Crippen molar-refractivity contribution in [2.75, 3.05) is 27.2 Å². The molecule has 0 bridgehead atoms. The summed E-state index contributed by atoms with van der Waals surface area (Å²) in [5.41, 5.74) is 5.25. The largest absolute Gasteiger partial charge is 0.484 e. The van der Waals surface area contributed by atoms with Crippen molar-refractivity contribution >= 4 is 42.1 Å².